The molecule has 1 amide bonds. The molecule has 1 fully saturated rings. The highest BCUT2D eigenvalue weighted by Crippen LogP contribution is 2.25. The molecule has 2 aromatic rings. The van der Waals surface area contributed by atoms with Crippen LogP contribution in [0.5, 0.6) is 0 Å². The lowest BCUT2D eigenvalue weighted by Crippen LogP contribution is -2.38. The highest BCUT2D eigenvalue weighted by molar-refractivity contribution is 7.89. The fourth-order valence-electron chi connectivity index (χ4n) is 3.46. The standard InChI is InChI=1S/C20H21ClF2N2O3S/c21-17-6-2-1-4-14(17)12-15-5-3-11-25(15)20(26)9-10-24-29(27,28)16-7-8-18(22)19(23)13-16/h1-2,4,6-8,13,15,24H,3,5,9-12H2. The molecule has 29 heavy (non-hydrogen) atoms. The molecule has 1 saturated heterocycles. The van der Waals surface area contributed by atoms with E-state index in [1.807, 2.05) is 24.3 Å². The molecule has 1 N–H and O–H groups in total. The zero-order chi connectivity index (χ0) is 21.0. The van der Waals surface area contributed by atoms with E-state index in [9.17, 15) is 22.0 Å². The summed E-state index contributed by atoms with van der Waals surface area (Å²) >= 11 is 6.21. The van der Waals surface area contributed by atoms with E-state index in [2.05, 4.69) is 4.72 Å². The van der Waals surface area contributed by atoms with Gasteiger partial charge in [0.15, 0.2) is 11.6 Å². The molecule has 3 rings (SSSR count). The molecular weight excluding hydrogens is 422 g/mol. The van der Waals surface area contributed by atoms with Crippen LogP contribution in [0, 0.1) is 11.6 Å². The van der Waals surface area contributed by atoms with Gasteiger partial charge in [-0.25, -0.2) is 21.9 Å². The van der Waals surface area contributed by atoms with Crippen molar-refractivity contribution in [2.75, 3.05) is 13.1 Å². The molecule has 1 aliphatic rings. The summed E-state index contributed by atoms with van der Waals surface area (Å²) in [6.07, 6.45) is 2.35. The van der Waals surface area contributed by atoms with Gasteiger partial charge >= 0.3 is 0 Å². The lowest BCUT2D eigenvalue weighted by Gasteiger charge is -2.25. The summed E-state index contributed by atoms with van der Waals surface area (Å²) in [5.41, 5.74) is 0.970. The average molecular weight is 443 g/mol. The molecular formula is C20H21ClF2N2O3S. The SMILES string of the molecule is O=C(CCNS(=O)(=O)c1ccc(F)c(F)c1)N1CCCC1Cc1ccccc1Cl. The van der Waals surface area contributed by atoms with Crippen LogP contribution in [0.3, 0.4) is 0 Å². The lowest BCUT2D eigenvalue weighted by molar-refractivity contribution is -0.131. The van der Waals surface area contributed by atoms with Gasteiger partial charge in [0.25, 0.3) is 0 Å². The highest BCUT2D eigenvalue weighted by Gasteiger charge is 2.29. The number of hydrogen-bond donors (Lipinski definition) is 1. The van der Waals surface area contributed by atoms with Crippen molar-refractivity contribution in [1.82, 2.24) is 9.62 Å². The number of carbonyl (C=O) groups excluding carboxylic acids is 1. The van der Waals surface area contributed by atoms with Gasteiger partial charge in [-0.15, -0.1) is 0 Å². The molecule has 9 heteroatoms. The third kappa shape index (κ3) is 5.32. The Labute approximate surface area is 173 Å². The molecule has 1 unspecified atom stereocenters. The fraction of sp³-hybridized carbons (Fsp3) is 0.350. The molecule has 0 aromatic heterocycles. The molecule has 156 valence electrons. The summed E-state index contributed by atoms with van der Waals surface area (Å²) in [6, 6.07) is 9.84. The highest BCUT2D eigenvalue weighted by atomic mass is 35.5. The van der Waals surface area contributed by atoms with Crippen molar-refractivity contribution in [2.45, 2.75) is 36.6 Å². The Morgan fingerprint density at radius 2 is 1.93 bits per heavy atom. The summed E-state index contributed by atoms with van der Waals surface area (Å²) in [4.78, 5) is 14.0. The lowest BCUT2D eigenvalue weighted by atomic mass is 10.0. The number of hydrogen-bond acceptors (Lipinski definition) is 3. The minimum absolute atomic E-state index is 0.0187. The molecule has 1 heterocycles. The molecule has 5 nitrogen and oxygen atoms in total. The van der Waals surface area contributed by atoms with Crippen LogP contribution in [0.2, 0.25) is 5.02 Å². The van der Waals surface area contributed by atoms with Crippen LogP contribution in [0.25, 0.3) is 0 Å². The number of amides is 1. The van der Waals surface area contributed by atoms with Crippen LogP contribution in [-0.2, 0) is 21.2 Å². The number of nitrogens with one attached hydrogen (secondary N) is 1. The first-order valence-corrected chi connectivity index (χ1v) is 11.1. The zero-order valence-electron chi connectivity index (χ0n) is 15.6. The molecule has 2 aromatic carbocycles. The molecule has 0 radical (unpaired) electrons. The average Bonchev–Trinajstić information content (AvgIpc) is 3.14. The molecule has 1 atom stereocenters. The van der Waals surface area contributed by atoms with E-state index in [0.29, 0.717) is 24.1 Å². The van der Waals surface area contributed by atoms with Crippen LogP contribution in [0.4, 0.5) is 8.78 Å². The number of halogens is 3. The van der Waals surface area contributed by atoms with Crippen LogP contribution in [0.15, 0.2) is 47.4 Å². The van der Waals surface area contributed by atoms with Gasteiger partial charge in [-0.05, 0) is 49.1 Å². The van der Waals surface area contributed by atoms with Gasteiger partial charge in [0.05, 0.1) is 4.90 Å². The normalized spacial score (nSPS) is 16.9. The van der Waals surface area contributed by atoms with Crippen molar-refractivity contribution in [2.24, 2.45) is 0 Å². The van der Waals surface area contributed by atoms with Crippen molar-refractivity contribution in [3.05, 3.63) is 64.7 Å². The van der Waals surface area contributed by atoms with Crippen molar-refractivity contribution >= 4 is 27.5 Å². The van der Waals surface area contributed by atoms with Gasteiger partial charge in [0.1, 0.15) is 0 Å². The van der Waals surface area contributed by atoms with E-state index in [1.165, 1.54) is 0 Å². The van der Waals surface area contributed by atoms with Crippen LogP contribution >= 0.6 is 11.6 Å². The van der Waals surface area contributed by atoms with Gasteiger partial charge in [0, 0.05) is 30.6 Å². The summed E-state index contributed by atoms with van der Waals surface area (Å²) in [5, 5.41) is 0.658. The molecule has 1 aliphatic heterocycles. The predicted octanol–water partition coefficient (Wildman–Crippen LogP) is 3.52. The Bertz CT molecular complexity index is 1000. The third-order valence-corrected chi connectivity index (χ3v) is 6.77. The van der Waals surface area contributed by atoms with Crippen LogP contribution in [-0.4, -0.2) is 38.4 Å². The van der Waals surface area contributed by atoms with Crippen LogP contribution < -0.4 is 4.72 Å². The van der Waals surface area contributed by atoms with E-state index < -0.39 is 21.7 Å². The van der Waals surface area contributed by atoms with E-state index >= 15 is 0 Å². The number of carbonyl (C=O) groups is 1. The maximum absolute atomic E-state index is 13.3. The second-order valence-electron chi connectivity index (χ2n) is 6.90. The fourth-order valence-corrected chi connectivity index (χ4v) is 4.71. The Morgan fingerprint density at radius 3 is 2.66 bits per heavy atom. The topological polar surface area (TPSA) is 66.5 Å². The Balaban J connectivity index is 1.57. The molecule has 0 saturated carbocycles. The minimum atomic E-state index is -4.03. The summed E-state index contributed by atoms with van der Waals surface area (Å²) in [5.74, 6) is -2.53. The van der Waals surface area contributed by atoms with Crippen molar-refractivity contribution in [1.29, 1.82) is 0 Å². The largest absolute Gasteiger partial charge is 0.339 e. The minimum Gasteiger partial charge on any atom is -0.339 e. The number of rotatable bonds is 7. The Kier molecular flexibility index (Phi) is 6.87. The number of nitrogens with zero attached hydrogens (tertiary/aromatic N) is 1. The molecule has 0 bridgehead atoms. The first kappa shape index (κ1) is 21.7. The maximum atomic E-state index is 13.3. The first-order valence-electron chi connectivity index (χ1n) is 9.25. The smallest absolute Gasteiger partial charge is 0.240 e. The second kappa shape index (κ2) is 9.19. The van der Waals surface area contributed by atoms with Gasteiger partial charge in [-0.2, -0.15) is 0 Å². The third-order valence-electron chi connectivity index (χ3n) is 4.94. The van der Waals surface area contributed by atoms with Gasteiger partial charge in [-0.3, -0.25) is 4.79 Å². The number of benzene rings is 2. The predicted molar refractivity (Wildman–Crippen MR) is 106 cm³/mol. The summed E-state index contributed by atoms with van der Waals surface area (Å²) in [7, 11) is -4.03. The maximum Gasteiger partial charge on any atom is 0.240 e. The second-order valence-corrected chi connectivity index (χ2v) is 9.08. The van der Waals surface area contributed by atoms with Crippen molar-refractivity contribution in [3.8, 4) is 0 Å². The van der Waals surface area contributed by atoms with Gasteiger partial charge in [0.2, 0.25) is 15.9 Å². The van der Waals surface area contributed by atoms with Gasteiger partial charge in [-0.1, -0.05) is 29.8 Å². The van der Waals surface area contributed by atoms with E-state index in [0.717, 1.165) is 30.5 Å². The van der Waals surface area contributed by atoms with E-state index in [4.69, 9.17) is 11.6 Å². The first-order chi connectivity index (χ1) is 13.8. The Morgan fingerprint density at radius 1 is 1.17 bits per heavy atom. The van der Waals surface area contributed by atoms with Gasteiger partial charge < -0.3 is 4.90 Å². The van der Waals surface area contributed by atoms with E-state index in [1.54, 1.807) is 4.90 Å². The molecule has 0 aliphatic carbocycles. The summed E-state index contributed by atoms with van der Waals surface area (Å²) < 4.78 is 52.9. The monoisotopic (exact) mass is 442 g/mol. The molecule has 0 spiro atoms. The number of sulfonamides is 1. The van der Waals surface area contributed by atoms with E-state index in [-0.39, 0.29) is 29.8 Å². The van der Waals surface area contributed by atoms with Crippen molar-refractivity contribution < 1.29 is 22.0 Å². The van der Waals surface area contributed by atoms with Crippen LogP contribution in [0.1, 0.15) is 24.8 Å². The number of likely N-dealkylation sites (tertiary alicyclic amines) is 1. The summed E-state index contributed by atoms with van der Waals surface area (Å²) in [6.45, 7) is 0.485. The Hall–Kier alpha value is -2.03. The van der Waals surface area contributed by atoms with Crippen molar-refractivity contribution in [3.63, 3.8) is 0 Å². The quantitative estimate of drug-likeness (QED) is 0.713. The zero-order valence-corrected chi connectivity index (χ0v) is 17.1.